The molecule has 0 radical (unpaired) electrons. The van der Waals surface area contributed by atoms with Crippen molar-refractivity contribution in [3.63, 3.8) is 0 Å². The summed E-state index contributed by atoms with van der Waals surface area (Å²) in [5.74, 6) is 0.856. The minimum atomic E-state index is -0.502. The molecule has 6 atom stereocenters. The SMILES string of the molecule is CO[C@H]1C=CC[C@@]2(C(=O)O[C@@H]3C[C@H](C)CC[C@H]3C(C)(C)c3ccccc3)CN12. The van der Waals surface area contributed by atoms with E-state index in [4.69, 9.17) is 9.47 Å². The van der Waals surface area contributed by atoms with Gasteiger partial charge in [0.15, 0.2) is 0 Å². The van der Waals surface area contributed by atoms with Crippen molar-refractivity contribution in [3.8, 4) is 0 Å². The highest BCUT2D eigenvalue weighted by Gasteiger charge is 2.63. The van der Waals surface area contributed by atoms with Crippen molar-refractivity contribution in [2.24, 2.45) is 11.8 Å². The van der Waals surface area contributed by atoms with E-state index in [0.717, 1.165) is 25.8 Å². The number of esters is 1. The zero-order valence-electron chi connectivity index (χ0n) is 17.6. The average Bonchev–Trinajstić information content (AvgIpc) is 3.45. The fourth-order valence-electron chi connectivity index (χ4n) is 5.33. The third kappa shape index (κ3) is 3.31. The van der Waals surface area contributed by atoms with Crippen LogP contribution in [-0.2, 0) is 19.7 Å². The highest BCUT2D eigenvalue weighted by molar-refractivity contribution is 5.85. The van der Waals surface area contributed by atoms with Gasteiger partial charge in [0.05, 0.1) is 0 Å². The molecule has 2 aliphatic heterocycles. The molecule has 2 fully saturated rings. The van der Waals surface area contributed by atoms with Gasteiger partial charge < -0.3 is 9.47 Å². The van der Waals surface area contributed by atoms with Crippen molar-refractivity contribution < 1.29 is 14.3 Å². The minimum absolute atomic E-state index is 0.0322. The molecule has 1 aromatic rings. The molecule has 4 heteroatoms. The summed E-state index contributed by atoms with van der Waals surface area (Å²) in [5.41, 5.74) is 0.786. The molecular weight excluding hydrogens is 350 g/mol. The first-order chi connectivity index (χ1) is 13.4. The van der Waals surface area contributed by atoms with Gasteiger partial charge in [-0.3, -0.25) is 4.90 Å². The van der Waals surface area contributed by atoms with Gasteiger partial charge in [0, 0.05) is 19.6 Å². The van der Waals surface area contributed by atoms with E-state index in [1.165, 1.54) is 12.0 Å². The van der Waals surface area contributed by atoms with Gasteiger partial charge in [0.2, 0.25) is 0 Å². The molecule has 0 bridgehead atoms. The van der Waals surface area contributed by atoms with Crippen LogP contribution in [0.5, 0.6) is 0 Å². The van der Waals surface area contributed by atoms with E-state index in [-0.39, 0.29) is 23.7 Å². The van der Waals surface area contributed by atoms with Crippen LogP contribution in [0.2, 0.25) is 0 Å². The summed E-state index contributed by atoms with van der Waals surface area (Å²) in [6.07, 6.45) is 7.92. The van der Waals surface area contributed by atoms with E-state index in [1.807, 2.05) is 6.08 Å². The lowest BCUT2D eigenvalue weighted by Gasteiger charge is -2.44. The summed E-state index contributed by atoms with van der Waals surface area (Å²) in [5, 5.41) is 0. The van der Waals surface area contributed by atoms with Crippen LogP contribution in [0.4, 0.5) is 0 Å². The second kappa shape index (κ2) is 7.31. The number of benzene rings is 1. The maximum atomic E-state index is 13.3. The topological polar surface area (TPSA) is 38.5 Å². The van der Waals surface area contributed by atoms with Crippen molar-refractivity contribution in [1.82, 2.24) is 4.90 Å². The van der Waals surface area contributed by atoms with Gasteiger partial charge in [-0.05, 0) is 42.2 Å². The zero-order chi connectivity index (χ0) is 19.9. The van der Waals surface area contributed by atoms with Gasteiger partial charge in [-0.1, -0.05) is 63.6 Å². The molecule has 0 N–H and O–H groups in total. The number of hydrogen-bond donors (Lipinski definition) is 0. The maximum absolute atomic E-state index is 13.3. The van der Waals surface area contributed by atoms with Crippen LogP contribution >= 0.6 is 0 Å². The Bertz CT molecular complexity index is 743. The summed E-state index contributed by atoms with van der Waals surface area (Å²) in [6, 6.07) is 10.7. The van der Waals surface area contributed by atoms with Gasteiger partial charge >= 0.3 is 5.97 Å². The molecule has 28 heavy (non-hydrogen) atoms. The number of carbonyl (C=O) groups is 1. The predicted molar refractivity (Wildman–Crippen MR) is 110 cm³/mol. The summed E-state index contributed by atoms with van der Waals surface area (Å²) in [4.78, 5) is 15.4. The number of hydrogen-bond acceptors (Lipinski definition) is 4. The highest BCUT2D eigenvalue weighted by atomic mass is 16.6. The minimum Gasteiger partial charge on any atom is -0.461 e. The number of fused-ring (bicyclic) bond motifs is 1. The van der Waals surface area contributed by atoms with Crippen LogP contribution in [0.3, 0.4) is 0 Å². The van der Waals surface area contributed by atoms with Gasteiger partial charge in [-0.25, -0.2) is 4.79 Å². The van der Waals surface area contributed by atoms with Crippen molar-refractivity contribution >= 4 is 5.97 Å². The number of ether oxygens (including phenoxy) is 2. The summed E-state index contributed by atoms with van der Waals surface area (Å²) in [7, 11) is 1.69. The van der Waals surface area contributed by atoms with Crippen molar-refractivity contribution in [3.05, 3.63) is 48.0 Å². The second-order valence-corrected chi connectivity index (χ2v) is 9.47. The lowest BCUT2D eigenvalue weighted by molar-refractivity contribution is -0.162. The molecule has 3 aliphatic rings. The van der Waals surface area contributed by atoms with Gasteiger partial charge in [-0.2, -0.15) is 0 Å². The molecule has 1 aliphatic carbocycles. The normalized spacial score (nSPS) is 37.2. The number of methoxy groups -OCH3 is 1. The first kappa shape index (κ1) is 19.7. The molecule has 0 aromatic heterocycles. The second-order valence-electron chi connectivity index (χ2n) is 9.47. The fourth-order valence-corrected chi connectivity index (χ4v) is 5.33. The van der Waals surface area contributed by atoms with E-state index in [2.05, 4.69) is 62.1 Å². The van der Waals surface area contributed by atoms with E-state index < -0.39 is 5.54 Å². The van der Waals surface area contributed by atoms with Crippen LogP contribution in [0, 0.1) is 11.8 Å². The Labute approximate surface area is 168 Å². The molecule has 152 valence electrons. The van der Waals surface area contributed by atoms with Gasteiger partial charge in [0.1, 0.15) is 17.9 Å². The third-order valence-corrected chi connectivity index (χ3v) is 7.32. The van der Waals surface area contributed by atoms with Crippen LogP contribution in [-0.4, -0.2) is 42.4 Å². The Kier molecular flexibility index (Phi) is 5.13. The Morgan fingerprint density at radius 1 is 1.21 bits per heavy atom. The first-order valence-electron chi connectivity index (χ1n) is 10.6. The average molecular weight is 384 g/mol. The predicted octanol–water partition coefficient (Wildman–Crippen LogP) is 4.30. The van der Waals surface area contributed by atoms with Crippen molar-refractivity contribution in [1.29, 1.82) is 0 Å². The van der Waals surface area contributed by atoms with Crippen molar-refractivity contribution in [2.45, 2.75) is 69.7 Å². The number of nitrogens with zero attached hydrogens (tertiary/aromatic N) is 1. The molecule has 0 spiro atoms. The van der Waals surface area contributed by atoms with Gasteiger partial charge in [0.25, 0.3) is 0 Å². The molecule has 4 rings (SSSR count). The molecular formula is C24H33NO3. The van der Waals surface area contributed by atoms with Crippen LogP contribution in [0.25, 0.3) is 0 Å². The standard InChI is InChI=1S/C24H33NO3/c1-17-12-13-19(23(2,3)18-9-6-5-7-10-18)20(15-17)28-22(26)24-14-8-11-21(27-4)25(24)16-24/h5-11,17,19-21H,12-16H2,1-4H3/t17-,19-,20-,21+,24+,25?/m1/s1. The smallest absolute Gasteiger partial charge is 0.328 e. The maximum Gasteiger partial charge on any atom is 0.328 e. The van der Waals surface area contributed by atoms with Crippen LogP contribution in [0.1, 0.15) is 52.0 Å². The fraction of sp³-hybridized carbons (Fsp3) is 0.625. The number of carbonyl (C=O) groups excluding carboxylic acids is 1. The first-order valence-corrected chi connectivity index (χ1v) is 10.6. The van der Waals surface area contributed by atoms with Crippen LogP contribution < -0.4 is 0 Å². The molecule has 1 aromatic carbocycles. The Hall–Kier alpha value is -1.65. The third-order valence-electron chi connectivity index (χ3n) is 7.32. The van der Waals surface area contributed by atoms with Gasteiger partial charge in [-0.15, -0.1) is 0 Å². The summed E-state index contributed by atoms with van der Waals surface area (Å²) < 4.78 is 11.8. The van der Waals surface area contributed by atoms with E-state index in [1.54, 1.807) is 7.11 Å². The lowest BCUT2D eigenvalue weighted by Crippen LogP contribution is -2.46. The molecule has 1 saturated carbocycles. The van der Waals surface area contributed by atoms with E-state index in [9.17, 15) is 4.79 Å². The Morgan fingerprint density at radius 3 is 2.68 bits per heavy atom. The largest absolute Gasteiger partial charge is 0.461 e. The zero-order valence-corrected chi connectivity index (χ0v) is 17.6. The number of rotatable bonds is 5. The van der Waals surface area contributed by atoms with Crippen LogP contribution in [0.15, 0.2) is 42.5 Å². The molecule has 1 unspecified atom stereocenters. The molecule has 2 heterocycles. The lowest BCUT2D eigenvalue weighted by atomic mass is 9.64. The van der Waals surface area contributed by atoms with E-state index >= 15 is 0 Å². The monoisotopic (exact) mass is 383 g/mol. The van der Waals surface area contributed by atoms with Crippen molar-refractivity contribution in [2.75, 3.05) is 13.7 Å². The summed E-state index contributed by atoms with van der Waals surface area (Å²) >= 11 is 0. The molecule has 4 nitrogen and oxygen atoms in total. The quantitative estimate of drug-likeness (QED) is 0.432. The summed E-state index contributed by atoms with van der Waals surface area (Å²) in [6.45, 7) is 7.61. The Morgan fingerprint density at radius 2 is 1.96 bits per heavy atom. The molecule has 0 amide bonds. The Balaban J connectivity index is 1.53. The molecule has 1 saturated heterocycles. The van der Waals surface area contributed by atoms with E-state index in [0.29, 0.717) is 11.8 Å². The highest BCUT2D eigenvalue weighted by Crippen LogP contribution is 2.47.